The second kappa shape index (κ2) is 12.8. The van der Waals surface area contributed by atoms with E-state index in [4.69, 9.17) is 29.4 Å². The Morgan fingerprint density at radius 1 is 0.786 bits per heavy atom. The molecule has 11 heteroatoms. The average molecular weight is 320 g/mol. The molecule has 0 unspecified atom stereocenters. The Balaban J connectivity index is -0.0000000535. The van der Waals surface area contributed by atoms with E-state index in [9.17, 15) is 0 Å². The second-order valence-corrected chi connectivity index (χ2v) is 6.73. The van der Waals surface area contributed by atoms with Crippen molar-refractivity contribution in [3.05, 3.63) is 0 Å². The normalized spacial score (nSPS) is 9.71. The van der Waals surface area contributed by atoms with Gasteiger partial charge in [-0.25, -0.2) is 0 Å². The molecular weight excluding hydrogens is 306 g/mol. The van der Waals surface area contributed by atoms with Gasteiger partial charge in [-0.3, -0.25) is 0 Å². The first-order valence-electron chi connectivity index (χ1n) is 2.98. The molecule has 14 heavy (non-hydrogen) atoms. The van der Waals surface area contributed by atoms with Crippen molar-refractivity contribution in [2.45, 2.75) is 20.3 Å². The molecule has 6 nitrogen and oxygen atoms in total. The van der Waals surface area contributed by atoms with Gasteiger partial charge in [0.2, 0.25) is 0 Å². The van der Waals surface area contributed by atoms with Gasteiger partial charge in [-0.1, -0.05) is 20.3 Å². The molecule has 0 aliphatic heterocycles. The summed E-state index contributed by atoms with van der Waals surface area (Å²) < 4.78 is 0. The van der Waals surface area contributed by atoms with Gasteiger partial charge in [0, 0.05) is 21.7 Å². The van der Waals surface area contributed by atoms with Crippen LogP contribution in [0, 0.1) is 0 Å². The third kappa shape index (κ3) is 714. The van der Waals surface area contributed by atoms with Crippen LogP contribution in [0.4, 0.5) is 0 Å². The van der Waals surface area contributed by atoms with Crippen molar-refractivity contribution in [3.63, 3.8) is 0 Å². The predicted octanol–water partition coefficient (Wildman–Crippen LogP) is -0.211. The van der Waals surface area contributed by atoms with E-state index in [0.717, 1.165) is 0 Å². The Morgan fingerprint density at radius 2 is 0.786 bits per heavy atom. The van der Waals surface area contributed by atoms with Crippen molar-refractivity contribution in [2.24, 2.45) is 0 Å². The van der Waals surface area contributed by atoms with Crippen LogP contribution in [0.1, 0.15) is 20.3 Å². The van der Waals surface area contributed by atoms with E-state index < -0.39 is 13.4 Å². The molecule has 0 aromatic rings. The van der Waals surface area contributed by atoms with Gasteiger partial charge >= 0.3 is 13.4 Å². The van der Waals surface area contributed by atoms with Gasteiger partial charge in [0.1, 0.15) is 0 Å². The molecule has 0 atom stereocenters. The maximum absolute atomic E-state index is 7.56. The van der Waals surface area contributed by atoms with E-state index in [0.29, 0.717) is 0 Å². The zero-order chi connectivity index (χ0) is 11.7. The van der Waals surface area contributed by atoms with E-state index >= 15 is 0 Å². The van der Waals surface area contributed by atoms with Crippen molar-refractivity contribution in [1.82, 2.24) is 0 Å². The van der Waals surface area contributed by atoms with Crippen LogP contribution in [-0.2, 0) is 45.3 Å². The van der Waals surface area contributed by atoms with Crippen LogP contribution in [0.5, 0.6) is 0 Å². The van der Waals surface area contributed by atoms with Gasteiger partial charge in [-0.15, -0.1) is 0 Å². The number of hydrogen-bond donors (Lipinski definition) is 6. The Hall–Kier alpha value is 1.77. The van der Waals surface area contributed by atoms with Crippen LogP contribution >= 0.6 is 13.4 Å². The quantitative estimate of drug-likeness (QED) is 0.268. The summed E-state index contributed by atoms with van der Waals surface area (Å²) in [6, 6.07) is 0. The fourth-order valence-electron chi connectivity index (χ4n) is 0. The predicted molar refractivity (Wildman–Crippen MR) is 57.8 cm³/mol. The minimum Gasteiger partial charge on any atom is -0.325 e. The molecule has 0 bridgehead atoms. The van der Waals surface area contributed by atoms with Gasteiger partial charge in [0.05, 0.1) is 0 Å². The van der Waals surface area contributed by atoms with Crippen LogP contribution < -0.4 is 0 Å². The van der Waals surface area contributed by atoms with Gasteiger partial charge in [0.15, 0.2) is 0 Å². The summed E-state index contributed by atoms with van der Waals surface area (Å²) >= 11 is 7.21. The van der Waals surface area contributed by atoms with E-state index in [1.54, 1.807) is 0 Å². The summed E-state index contributed by atoms with van der Waals surface area (Å²) in [7, 11) is 0. The van der Waals surface area contributed by atoms with Gasteiger partial charge < -0.3 is 29.4 Å². The molecule has 0 aromatic heterocycles. The van der Waals surface area contributed by atoms with Crippen LogP contribution in [0.15, 0.2) is 0 Å². The van der Waals surface area contributed by atoms with E-state index in [1.165, 1.54) is 6.42 Å². The van der Waals surface area contributed by atoms with Crippen LogP contribution in [0.2, 0.25) is 0 Å². The SMILES string of the molecule is CCC.OP(O)(O)=S.OP(O)(O)=S.[Ti]. The molecule has 0 saturated carbocycles. The average Bonchev–Trinajstić information content (AvgIpc) is 1.52. The summed E-state index contributed by atoms with van der Waals surface area (Å²) in [4.78, 5) is 45.3. The zero-order valence-electron chi connectivity index (χ0n) is 7.60. The molecule has 0 heterocycles. The summed E-state index contributed by atoms with van der Waals surface area (Å²) in [5.74, 6) is 0. The van der Waals surface area contributed by atoms with Crippen LogP contribution in [0.3, 0.4) is 0 Å². The van der Waals surface area contributed by atoms with Gasteiger partial charge in [-0.2, -0.15) is 0 Å². The first-order chi connectivity index (χ1) is 5.41. The maximum Gasteiger partial charge on any atom is 0.319 e. The Labute approximate surface area is 108 Å². The molecular formula is C3H14O6P2S2Ti. The molecule has 6 N–H and O–H groups in total. The molecule has 0 aliphatic carbocycles. The van der Waals surface area contributed by atoms with Crippen molar-refractivity contribution in [3.8, 4) is 0 Å². The summed E-state index contributed by atoms with van der Waals surface area (Å²) in [6.45, 7) is -3.36. The molecule has 0 amide bonds. The zero-order valence-corrected chi connectivity index (χ0v) is 12.6. The standard InChI is InChI=1S/C3H8.2H3O3PS.Ti/c1-3-2;2*1-4(2,3)5;/h3H2,1-2H3;2*(H3,1,2,3,5);. The molecule has 0 aromatic carbocycles. The van der Waals surface area contributed by atoms with Crippen LogP contribution in [0.25, 0.3) is 0 Å². The van der Waals surface area contributed by atoms with Crippen molar-refractivity contribution in [1.29, 1.82) is 0 Å². The van der Waals surface area contributed by atoms with E-state index in [1.807, 2.05) is 0 Å². The third-order valence-electron chi connectivity index (χ3n) is 0. The second-order valence-electron chi connectivity index (χ2n) is 1.73. The summed E-state index contributed by atoms with van der Waals surface area (Å²) in [6.07, 6.45) is 1.25. The third-order valence-corrected chi connectivity index (χ3v) is 0. The molecule has 0 fully saturated rings. The molecule has 0 spiro atoms. The Bertz CT molecular complexity index is 153. The Kier molecular flexibility index (Phi) is 22.8. The molecule has 0 radical (unpaired) electrons. The van der Waals surface area contributed by atoms with Gasteiger partial charge in [0.25, 0.3) is 0 Å². The fraction of sp³-hybridized carbons (Fsp3) is 1.00. The number of hydrogen-bond acceptors (Lipinski definition) is 2. The monoisotopic (exact) mass is 320 g/mol. The smallest absolute Gasteiger partial charge is 0.319 e. The van der Waals surface area contributed by atoms with Crippen molar-refractivity contribution >= 4 is 37.1 Å². The van der Waals surface area contributed by atoms with E-state index in [-0.39, 0.29) is 21.7 Å². The van der Waals surface area contributed by atoms with Gasteiger partial charge in [-0.05, 0) is 23.6 Å². The number of rotatable bonds is 0. The summed E-state index contributed by atoms with van der Waals surface area (Å²) in [5.41, 5.74) is 0. The Morgan fingerprint density at radius 3 is 0.786 bits per heavy atom. The first-order valence-corrected chi connectivity index (χ1v) is 8.30. The molecule has 0 aliphatic rings. The summed E-state index contributed by atoms with van der Waals surface area (Å²) in [5, 5.41) is 0. The fourth-order valence-corrected chi connectivity index (χ4v) is 0. The first kappa shape index (κ1) is 24.8. The maximum atomic E-state index is 7.56. The molecule has 0 rings (SSSR count). The van der Waals surface area contributed by atoms with E-state index in [2.05, 4.69) is 37.5 Å². The largest absolute Gasteiger partial charge is 0.325 e. The minimum atomic E-state index is -3.81. The van der Waals surface area contributed by atoms with Crippen molar-refractivity contribution < 1.29 is 51.1 Å². The van der Waals surface area contributed by atoms with Crippen LogP contribution in [-0.4, -0.2) is 29.4 Å². The van der Waals surface area contributed by atoms with Crippen molar-refractivity contribution in [2.75, 3.05) is 0 Å². The minimum absolute atomic E-state index is 0. The molecule has 88 valence electrons. The topological polar surface area (TPSA) is 121 Å². The molecule has 0 saturated heterocycles.